The number of aromatic amines is 1. The number of H-pyrrole nitrogens is 1. The normalized spacial score (nSPS) is 12.8. The smallest absolute Gasteiger partial charge is 0.354 e. The number of nitrogens with zero attached hydrogens (tertiary/aromatic N) is 3. The fourth-order valence-electron chi connectivity index (χ4n) is 4.57. The monoisotopic (exact) mass is 581 g/mol. The summed E-state index contributed by atoms with van der Waals surface area (Å²) >= 11 is 6.22. The Bertz CT molecular complexity index is 1550. The van der Waals surface area contributed by atoms with Crippen LogP contribution in [0.1, 0.15) is 43.7 Å². The number of hydrogen-bond donors (Lipinski definition) is 5. The van der Waals surface area contributed by atoms with Crippen LogP contribution in [0.25, 0.3) is 28.0 Å². The van der Waals surface area contributed by atoms with E-state index < -0.39 is 11.5 Å². The van der Waals surface area contributed by atoms with E-state index >= 15 is 4.39 Å². The number of benzene rings is 2. The average molecular weight is 582 g/mol. The minimum atomic E-state index is -0.521. The second kappa shape index (κ2) is 14.4. The lowest BCUT2D eigenvalue weighted by atomic mass is 10.0. The minimum absolute atomic E-state index is 0.00536. The molecule has 41 heavy (non-hydrogen) atoms. The van der Waals surface area contributed by atoms with Crippen molar-refractivity contribution in [2.24, 2.45) is 16.5 Å². The Labute approximate surface area is 243 Å². The number of hydrogen-bond acceptors (Lipinski definition) is 6. The first-order chi connectivity index (χ1) is 19.7. The summed E-state index contributed by atoms with van der Waals surface area (Å²) in [5.41, 5.74) is 15.0. The lowest BCUT2D eigenvalue weighted by molar-refractivity contribution is 0.306. The van der Waals surface area contributed by atoms with Gasteiger partial charge in [0.25, 0.3) is 0 Å². The van der Waals surface area contributed by atoms with Crippen LogP contribution in [0, 0.1) is 5.82 Å². The topological polar surface area (TPSA) is 147 Å². The fraction of sp³-hybridized carbons (Fsp3) is 0.367. The molecule has 0 saturated carbocycles. The number of aliphatic hydroxyl groups is 1. The van der Waals surface area contributed by atoms with Crippen LogP contribution in [-0.2, 0) is 13.0 Å². The van der Waals surface area contributed by atoms with E-state index in [1.54, 1.807) is 24.4 Å². The molecule has 0 fully saturated rings. The highest BCUT2D eigenvalue weighted by molar-refractivity contribution is 6.31. The first kappa shape index (κ1) is 30.4. The van der Waals surface area contributed by atoms with Gasteiger partial charge in [-0.2, -0.15) is 4.98 Å². The van der Waals surface area contributed by atoms with Crippen LogP contribution in [-0.4, -0.2) is 51.2 Å². The van der Waals surface area contributed by atoms with E-state index in [1.165, 1.54) is 4.57 Å². The number of rotatable bonds is 14. The molecule has 0 spiro atoms. The second-order valence-corrected chi connectivity index (χ2v) is 10.6. The molecule has 11 heteroatoms. The van der Waals surface area contributed by atoms with Crippen LogP contribution in [0.5, 0.6) is 0 Å². The van der Waals surface area contributed by atoms with E-state index in [2.05, 4.69) is 20.3 Å². The quantitative estimate of drug-likeness (QED) is 0.0861. The molecule has 1 atom stereocenters. The van der Waals surface area contributed by atoms with E-state index in [0.29, 0.717) is 53.3 Å². The summed E-state index contributed by atoms with van der Waals surface area (Å²) in [5, 5.41) is 12.9. The van der Waals surface area contributed by atoms with Gasteiger partial charge in [-0.1, -0.05) is 23.7 Å². The van der Waals surface area contributed by atoms with Gasteiger partial charge in [0.05, 0.1) is 28.8 Å². The molecule has 0 aliphatic carbocycles. The average Bonchev–Trinajstić information content (AvgIpc) is 3.35. The Morgan fingerprint density at radius 2 is 2.00 bits per heavy atom. The summed E-state index contributed by atoms with van der Waals surface area (Å²) in [7, 11) is 0. The number of nitrogens with one attached hydrogen (secondary N) is 2. The van der Waals surface area contributed by atoms with Crippen LogP contribution in [0.3, 0.4) is 0 Å². The van der Waals surface area contributed by atoms with Gasteiger partial charge >= 0.3 is 5.69 Å². The van der Waals surface area contributed by atoms with Crippen LogP contribution in [0.2, 0.25) is 5.02 Å². The molecule has 7 N–H and O–H groups in total. The van der Waals surface area contributed by atoms with Crippen LogP contribution in [0.15, 0.2) is 58.4 Å². The Kier molecular flexibility index (Phi) is 10.6. The Balaban J connectivity index is 1.45. The molecule has 2 aromatic carbocycles. The maximum Gasteiger partial charge on any atom is 0.354 e. The molecule has 2 aromatic heterocycles. The highest BCUT2D eigenvalue weighted by Gasteiger charge is 2.15. The largest absolute Gasteiger partial charge is 0.396 e. The van der Waals surface area contributed by atoms with E-state index in [0.717, 1.165) is 43.4 Å². The van der Waals surface area contributed by atoms with Crippen molar-refractivity contribution in [1.29, 1.82) is 0 Å². The first-order valence-corrected chi connectivity index (χ1v) is 14.2. The van der Waals surface area contributed by atoms with Crippen molar-refractivity contribution in [3.8, 4) is 16.9 Å². The molecule has 0 amide bonds. The Morgan fingerprint density at radius 1 is 1.22 bits per heavy atom. The minimum Gasteiger partial charge on any atom is -0.396 e. The molecule has 0 aliphatic rings. The lowest BCUT2D eigenvalue weighted by Crippen LogP contribution is -2.20. The molecule has 0 saturated heterocycles. The summed E-state index contributed by atoms with van der Waals surface area (Å²) in [4.78, 5) is 24.3. The number of amidine groups is 1. The van der Waals surface area contributed by atoms with Crippen molar-refractivity contribution in [2.45, 2.75) is 51.6 Å². The highest BCUT2D eigenvalue weighted by atomic mass is 35.5. The first-order valence-electron chi connectivity index (χ1n) is 13.8. The highest BCUT2D eigenvalue weighted by Crippen LogP contribution is 2.31. The molecule has 9 nitrogen and oxygen atoms in total. The molecule has 218 valence electrons. The third kappa shape index (κ3) is 8.23. The summed E-state index contributed by atoms with van der Waals surface area (Å²) < 4.78 is 16.5. The Hall–Kier alpha value is -3.57. The maximum atomic E-state index is 15.0. The van der Waals surface area contributed by atoms with Crippen LogP contribution >= 0.6 is 11.6 Å². The second-order valence-electron chi connectivity index (χ2n) is 10.2. The molecular weight excluding hydrogens is 545 g/mol. The van der Waals surface area contributed by atoms with Crippen LogP contribution in [0.4, 0.5) is 4.39 Å². The predicted molar refractivity (Wildman–Crippen MR) is 163 cm³/mol. The van der Waals surface area contributed by atoms with Crippen molar-refractivity contribution >= 4 is 28.5 Å². The number of aryl methyl sites for hydroxylation is 1. The van der Waals surface area contributed by atoms with Gasteiger partial charge < -0.3 is 26.9 Å². The number of halogens is 2. The zero-order chi connectivity index (χ0) is 29.4. The maximum absolute atomic E-state index is 15.0. The predicted octanol–water partition coefficient (Wildman–Crippen LogP) is 4.06. The summed E-state index contributed by atoms with van der Waals surface area (Å²) in [6.45, 7) is 4.02. The molecule has 1 unspecified atom stereocenters. The molecule has 4 rings (SSSR count). The van der Waals surface area contributed by atoms with Gasteiger partial charge in [-0.25, -0.2) is 9.18 Å². The van der Waals surface area contributed by atoms with Gasteiger partial charge in [0.1, 0.15) is 5.65 Å². The van der Waals surface area contributed by atoms with Crippen molar-refractivity contribution in [2.75, 3.05) is 19.7 Å². The standard InChI is InChI=1S/C30H37ClFN7O2/c1-19(33)4-2-5-21-14-24(28(32)25(31)15-21)26-16-22-18-39(30(41)38-29(22)37-26)23-8-6-20(7-9-23)17-35-11-3-12-36-27(34)10-13-40/h6-9,14-16,18-19,35,40H,2-5,10-13,17,33H2,1H3,(H2,34,36)(H,37,38,41). The number of nitrogens with two attached hydrogens (primary N) is 2. The van der Waals surface area contributed by atoms with Gasteiger partial charge in [-0.05, 0) is 80.6 Å². The van der Waals surface area contributed by atoms with E-state index in [9.17, 15) is 4.79 Å². The van der Waals surface area contributed by atoms with Gasteiger partial charge in [-0.3, -0.25) is 9.56 Å². The van der Waals surface area contributed by atoms with E-state index in [-0.39, 0.29) is 17.7 Å². The molecule has 2 heterocycles. The third-order valence-corrected chi connectivity index (χ3v) is 7.02. The molecule has 0 bridgehead atoms. The summed E-state index contributed by atoms with van der Waals surface area (Å²) in [6, 6.07) is 12.9. The lowest BCUT2D eigenvalue weighted by Gasteiger charge is -2.09. The number of aromatic nitrogens is 3. The number of aliphatic hydroxyl groups excluding tert-OH is 1. The molecule has 0 radical (unpaired) electrons. The fourth-order valence-corrected chi connectivity index (χ4v) is 4.81. The van der Waals surface area contributed by atoms with Crippen molar-refractivity contribution in [1.82, 2.24) is 19.9 Å². The van der Waals surface area contributed by atoms with Crippen molar-refractivity contribution in [3.63, 3.8) is 0 Å². The third-order valence-electron chi connectivity index (χ3n) is 6.75. The molecular formula is C30H37ClFN7O2. The zero-order valence-corrected chi connectivity index (χ0v) is 23.9. The van der Waals surface area contributed by atoms with Gasteiger partial charge in [0.2, 0.25) is 0 Å². The zero-order valence-electron chi connectivity index (χ0n) is 23.2. The van der Waals surface area contributed by atoms with E-state index in [4.69, 9.17) is 28.2 Å². The van der Waals surface area contributed by atoms with Gasteiger partial charge in [0.15, 0.2) is 5.82 Å². The summed E-state index contributed by atoms with van der Waals surface area (Å²) in [5.74, 6) is -0.0523. The summed E-state index contributed by atoms with van der Waals surface area (Å²) in [6.07, 6.45) is 5.40. The molecule has 4 aromatic rings. The van der Waals surface area contributed by atoms with Gasteiger partial charge in [0, 0.05) is 42.7 Å². The van der Waals surface area contributed by atoms with Crippen molar-refractivity contribution < 1.29 is 9.50 Å². The molecule has 0 aliphatic heterocycles. The number of aliphatic imine (C=N–C) groups is 1. The van der Waals surface area contributed by atoms with Crippen LogP contribution < -0.4 is 22.5 Å². The Morgan fingerprint density at radius 3 is 2.73 bits per heavy atom. The number of fused-ring (bicyclic) bond motifs is 1. The van der Waals surface area contributed by atoms with Crippen molar-refractivity contribution in [3.05, 3.63) is 81.1 Å². The van der Waals surface area contributed by atoms with E-state index in [1.807, 2.05) is 31.2 Å². The van der Waals surface area contributed by atoms with Gasteiger partial charge in [-0.15, -0.1) is 0 Å². The SMILES string of the molecule is CC(N)CCCc1cc(Cl)c(F)c(-c2cc3cn(-c4ccc(CNCCCN=C(N)CCO)cc4)c(=O)nc3[nH]2)c1.